The number of allylic oxidation sites excluding steroid dienone is 1. The van der Waals surface area contributed by atoms with Crippen molar-refractivity contribution in [2.75, 3.05) is 11.4 Å². The van der Waals surface area contributed by atoms with Crippen molar-refractivity contribution in [3.63, 3.8) is 0 Å². The first-order valence-electron chi connectivity index (χ1n) is 5.98. The molecular weight excluding hydrogens is 336 g/mol. The van der Waals surface area contributed by atoms with Gasteiger partial charge in [-0.2, -0.15) is 17.6 Å². The number of anilines is 1. The molecule has 0 unspecified atom stereocenters. The predicted molar refractivity (Wildman–Crippen MR) is 73.7 cm³/mol. The molecule has 0 aliphatic rings. The lowest BCUT2D eigenvalue weighted by molar-refractivity contribution is -0.132. The quantitative estimate of drug-likeness (QED) is 0.588. The van der Waals surface area contributed by atoms with E-state index in [0.29, 0.717) is 0 Å². The minimum atomic E-state index is -4.43. The van der Waals surface area contributed by atoms with Crippen LogP contribution in [0, 0.1) is 5.82 Å². The maximum Gasteiger partial charge on any atom is 0.390 e. The van der Waals surface area contributed by atoms with Crippen LogP contribution in [-0.2, 0) is 0 Å². The van der Waals surface area contributed by atoms with E-state index >= 15 is 0 Å². The molecule has 0 aromatic heterocycles. The molecule has 0 heterocycles. The number of alkyl halides is 3. The van der Waals surface area contributed by atoms with Crippen molar-refractivity contribution >= 4 is 28.9 Å². The third-order valence-electron chi connectivity index (χ3n) is 2.66. The first kappa shape index (κ1) is 18.0. The Bertz CT molecular complexity index is 504. The Morgan fingerprint density at radius 3 is 2.29 bits per heavy atom. The normalized spacial score (nSPS) is 13.1. The zero-order valence-corrected chi connectivity index (χ0v) is 12.5. The molecular formula is C13H12Cl2F5N. The highest BCUT2D eigenvalue weighted by Crippen LogP contribution is 2.31. The van der Waals surface area contributed by atoms with Crippen LogP contribution in [0.5, 0.6) is 0 Å². The zero-order chi connectivity index (χ0) is 16.2. The van der Waals surface area contributed by atoms with Crippen LogP contribution < -0.4 is 4.90 Å². The van der Waals surface area contributed by atoms with Crippen LogP contribution in [-0.4, -0.2) is 12.7 Å². The Kier molecular flexibility index (Phi) is 6.28. The van der Waals surface area contributed by atoms with Gasteiger partial charge in [0, 0.05) is 17.3 Å². The summed E-state index contributed by atoms with van der Waals surface area (Å²) in [6.45, 7) is 0.936. The van der Waals surface area contributed by atoms with Gasteiger partial charge in [-0.3, -0.25) is 0 Å². The Labute approximate surface area is 128 Å². The molecule has 0 saturated carbocycles. The van der Waals surface area contributed by atoms with Gasteiger partial charge in [-0.05, 0) is 36.2 Å². The van der Waals surface area contributed by atoms with Gasteiger partial charge >= 0.3 is 6.18 Å². The van der Waals surface area contributed by atoms with E-state index in [1.54, 1.807) is 0 Å². The molecule has 0 spiro atoms. The number of nitrogens with zero attached hydrogens (tertiary/aromatic N) is 1. The number of halogens is 7. The second-order valence-electron chi connectivity index (χ2n) is 4.21. The van der Waals surface area contributed by atoms with Crippen molar-refractivity contribution in [2.24, 2.45) is 0 Å². The summed E-state index contributed by atoms with van der Waals surface area (Å²) in [6, 6.07) is 3.22. The van der Waals surface area contributed by atoms with Crippen molar-refractivity contribution in [1.29, 1.82) is 0 Å². The van der Waals surface area contributed by atoms with Crippen LogP contribution in [0.15, 0.2) is 29.2 Å². The summed E-state index contributed by atoms with van der Waals surface area (Å²) >= 11 is 11.0. The molecule has 0 N–H and O–H groups in total. The van der Waals surface area contributed by atoms with E-state index in [9.17, 15) is 22.0 Å². The lowest BCUT2D eigenvalue weighted by atomic mass is 10.2. The van der Waals surface area contributed by atoms with Gasteiger partial charge in [-0.25, -0.2) is 4.39 Å². The topological polar surface area (TPSA) is 3.24 Å². The minimum absolute atomic E-state index is 0.00700. The summed E-state index contributed by atoms with van der Waals surface area (Å²) in [5.41, 5.74) is -0.153. The summed E-state index contributed by atoms with van der Waals surface area (Å²) in [5.74, 6) is -0.736. The number of hydrogen-bond acceptors (Lipinski definition) is 1. The molecule has 0 radical (unpaired) electrons. The fraction of sp³-hybridized carbons (Fsp3) is 0.385. The maximum absolute atomic E-state index is 13.4. The van der Waals surface area contributed by atoms with E-state index in [1.807, 2.05) is 0 Å². The molecule has 0 saturated heterocycles. The maximum atomic E-state index is 13.4. The lowest BCUT2D eigenvalue weighted by Gasteiger charge is -2.27. The van der Waals surface area contributed by atoms with Crippen molar-refractivity contribution in [1.82, 2.24) is 0 Å². The molecule has 0 aliphatic carbocycles. The third kappa shape index (κ3) is 5.71. The molecule has 1 nitrogen and oxygen atoms in total. The summed E-state index contributed by atoms with van der Waals surface area (Å²) < 4.78 is 63.8. The first-order chi connectivity index (χ1) is 9.64. The second kappa shape index (κ2) is 7.31. The Balaban J connectivity index is 3.21. The fourth-order valence-electron chi connectivity index (χ4n) is 1.78. The smallest absolute Gasteiger partial charge is 0.341 e. The molecule has 118 valence electrons. The summed E-state index contributed by atoms with van der Waals surface area (Å²) in [5, 5.41) is -1.15. The summed E-state index contributed by atoms with van der Waals surface area (Å²) in [7, 11) is 0. The van der Waals surface area contributed by atoms with E-state index < -0.39 is 30.2 Å². The monoisotopic (exact) mass is 347 g/mol. The van der Waals surface area contributed by atoms with Crippen molar-refractivity contribution in [3.8, 4) is 0 Å². The van der Waals surface area contributed by atoms with Crippen LogP contribution in [0.25, 0.3) is 0 Å². The van der Waals surface area contributed by atoms with Gasteiger partial charge in [-0.15, -0.1) is 0 Å². The van der Waals surface area contributed by atoms with Crippen LogP contribution in [0.1, 0.15) is 19.8 Å². The zero-order valence-electron chi connectivity index (χ0n) is 10.9. The van der Waals surface area contributed by atoms with E-state index in [-0.39, 0.29) is 22.8 Å². The lowest BCUT2D eigenvalue weighted by Crippen LogP contribution is -2.28. The van der Waals surface area contributed by atoms with Crippen molar-refractivity contribution < 1.29 is 22.0 Å². The summed E-state index contributed by atoms with van der Waals surface area (Å²) in [6.07, 6.45) is -5.59. The predicted octanol–water partition coefficient (Wildman–Crippen LogP) is 6.03. The van der Waals surface area contributed by atoms with E-state index in [1.165, 1.54) is 13.0 Å². The average molecular weight is 348 g/mol. The van der Waals surface area contributed by atoms with Crippen molar-refractivity contribution in [3.05, 3.63) is 40.0 Å². The number of hydrogen-bond donors (Lipinski definition) is 0. The van der Waals surface area contributed by atoms with E-state index in [2.05, 4.69) is 0 Å². The van der Waals surface area contributed by atoms with Gasteiger partial charge in [0.1, 0.15) is 5.82 Å². The Morgan fingerprint density at radius 2 is 1.86 bits per heavy atom. The molecule has 1 aromatic rings. The summed E-state index contributed by atoms with van der Waals surface area (Å²) in [4.78, 5) is 0.977. The second-order valence-corrected chi connectivity index (χ2v) is 4.97. The molecule has 1 rings (SSSR count). The molecule has 0 aliphatic heterocycles. The van der Waals surface area contributed by atoms with Crippen LogP contribution >= 0.6 is 23.2 Å². The first-order valence-corrected chi connectivity index (χ1v) is 6.74. The minimum Gasteiger partial charge on any atom is -0.341 e. The van der Waals surface area contributed by atoms with Crippen LogP contribution in [0.2, 0.25) is 5.02 Å². The van der Waals surface area contributed by atoms with Gasteiger partial charge < -0.3 is 4.90 Å². The van der Waals surface area contributed by atoms with E-state index in [4.69, 9.17) is 23.2 Å². The highest BCUT2D eigenvalue weighted by Gasteiger charge is 2.29. The van der Waals surface area contributed by atoms with Gasteiger partial charge in [0.15, 0.2) is 0 Å². The van der Waals surface area contributed by atoms with Crippen LogP contribution in [0.3, 0.4) is 0 Å². The van der Waals surface area contributed by atoms with Gasteiger partial charge in [0.05, 0.1) is 12.1 Å². The number of rotatable bonds is 5. The Hall–Kier alpha value is -1.01. The highest BCUT2D eigenvalue weighted by molar-refractivity contribution is 6.31. The molecule has 21 heavy (non-hydrogen) atoms. The van der Waals surface area contributed by atoms with Gasteiger partial charge in [0.25, 0.3) is 0 Å². The Morgan fingerprint density at radius 1 is 1.24 bits per heavy atom. The molecule has 0 bridgehead atoms. The highest BCUT2D eigenvalue weighted by atomic mass is 35.5. The van der Waals surface area contributed by atoms with E-state index in [0.717, 1.165) is 17.0 Å². The fourth-order valence-corrected chi connectivity index (χ4v) is 2.23. The SMILES string of the molecule is CC/C(=C(\F)Cl)N(CCC(F)(F)F)c1cc(F)cc(Cl)c1. The molecule has 0 atom stereocenters. The van der Waals surface area contributed by atoms with Gasteiger partial charge in [-0.1, -0.05) is 18.5 Å². The standard InChI is InChI=1S/C13H12Cl2F5N/c1-2-11(12(15)17)21(4-3-13(18,19)20)10-6-8(14)5-9(16)7-10/h5-7H,2-4H2,1H3/b12-11+. The van der Waals surface area contributed by atoms with Crippen LogP contribution in [0.4, 0.5) is 27.6 Å². The van der Waals surface area contributed by atoms with Crippen molar-refractivity contribution in [2.45, 2.75) is 25.9 Å². The molecule has 1 aromatic carbocycles. The third-order valence-corrected chi connectivity index (χ3v) is 3.09. The van der Waals surface area contributed by atoms with Gasteiger partial charge in [0.2, 0.25) is 5.29 Å². The molecule has 0 fully saturated rings. The number of benzene rings is 1. The largest absolute Gasteiger partial charge is 0.390 e. The molecule has 0 amide bonds. The average Bonchev–Trinajstić information content (AvgIpc) is 2.31. The molecule has 8 heteroatoms.